The molecule has 1 amide bonds. The van der Waals surface area contributed by atoms with Gasteiger partial charge in [-0.2, -0.15) is 0 Å². The molecule has 0 bridgehead atoms. The maximum Gasteiger partial charge on any atom is 0.295 e. The number of amides is 1. The van der Waals surface area contributed by atoms with Crippen LogP contribution >= 0.6 is 0 Å². The van der Waals surface area contributed by atoms with Gasteiger partial charge in [0.25, 0.3) is 12.9 Å². The Balaban J connectivity index is 0.000000872. The Morgan fingerprint density at radius 3 is 2.44 bits per heavy atom. The fourth-order valence-electron chi connectivity index (χ4n) is 3.60. The van der Waals surface area contributed by atoms with E-state index in [4.69, 9.17) is 10.5 Å². The Morgan fingerprint density at radius 1 is 1.26 bits per heavy atom. The van der Waals surface area contributed by atoms with Crippen LogP contribution in [0.5, 0.6) is 0 Å². The maximum atomic E-state index is 14.0. The van der Waals surface area contributed by atoms with E-state index >= 15 is 0 Å². The number of halogens is 5. The Bertz CT molecular complexity index is 955. The van der Waals surface area contributed by atoms with Gasteiger partial charge in [0.2, 0.25) is 5.91 Å². The molecule has 0 saturated heterocycles. The molecule has 2 atom stereocenters. The van der Waals surface area contributed by atoms with Crippen LogP contribution in [0.1, 0.15) is 48.5 Å². The first-order chi connectivity index (χ1) is 16.1. The molecule has 0 fully saturated rings. The zero-order valence-corrected chi connectivity index (χ0v) is 19.4. The Morgan fingerprint density at radius 2 is 1.88 bits per heavy atom. The lowest BCUT2D eigenvalue weighted by Crippen LogP contribution is -2.43. The highest BCUT2D eigenvalue weighted by molar-refractivity contribution is 5.77. The van der Waals surface area contributed by atoms with Crippen LogP contribution in [0.4, 0.5) is 22.0 Å². The second kappa shape index (κ2) is 13.6. The second-order valence-electron chi connectivity index (χ2n) is 7.45. The molecule has 7 nitrogen and oxygen atoms in total. The number of alkyl halides is 3. The molecule has 3 rings (SSSR count). The minimum absolute atomic E-state index is 0.0183. The Hall–Kier alpha value is -3.02. The summed E-state index contributed by atoms with van der Waals surface area (Å²) in [4.78, 5) is 26.9. The quantitative estimate of drug-likeness (QED) is 0.491. The predicted octanol–water partition coefficient (Wildman–Crippen LogP) is 3.65. The molecule has 1 aliphatic heterocycles. The molecule has 0 spiro atoms. The van der Waals surface area contributed by atoms with Crippen LogP contribution < -0.4 is 5.73 Å². The van der Waals surface area contributed by atoms with Crippen molar-refractivity contribution in [1.29, 1.82) is 0 Å². The number of rotatable bonds is 6. The van der Waals surface area contributed by atoms with E-state index in [2.05, 4.69) is 9.72 Å². The number of nitrogens with zero attached hydrogens (tertiary/aromatic N) is 3. The number of aryl methyl sites for hydroxylation is 1. The molecule has 2 aromatic rings. The van der Waals surface area contributed by atoms with E-state index in [1.165, 1.54) is 24.8 Å². The van der Waals surface area contributed by atoms with E-state index in [1.54, 1.807) is 11.8 Å². The minimum Gasteiger partial charge on any atom is -0.471 e. The summed E-state index contributed by atoms with van der Waals surface area (Å²) in [6, 6.07) is 1.08. The maximum absolute atomic E-state index is 14.0. The molecule has 1 aromatic carbocycles. The summed E-state index contributed by atoms with van der Waals surface area (Å²) in [6.45, 7) is 4.05. The van der Waals surface area contributed by atoms with Crippen molar-refractivity contribution in [2.45, 2.75) is 51.7 Å². The lowest BCUT2D eigenvalue weighted by molar-refractivity contribution is -0.134. The zero-order valence-electron chi connectivity index (χ0n) is 19.4. The number of benzene rings is 1. The Kier molecular flexibility index (Phi) is 11.6. The van der Waals surface area contributed by atoms with Crippen LogP contribution in [0.25, 0.3) is 0 Å². The van der Waals surface area contributed by atoms with Crippen LogP contribution in [0.15, 0.2) is 18.3 Å². The molecule has 2 unspecified atom stereocenters. The van der Waals surface area contributed by atoms with Crippen molar-refractivity contribution < 1.29 is 36.3 Å². The highest BCUT2D eigenvalue weighted by Gasteiger charge is 2.32. The van der Waals surface area contributed by atoms with E-state index in [0.717, 1.165) is 12.1 Å². The fraction of sp³-hybridized carbons (Fsp3) is 0.500. The van der Waals surface area contributed by atoms with Crippen molar-refractivity contribution in [3.8, 4) is 0 Å². The van der Waals surface area contributed by atoms with Gasteiger partial charge in [-0.15, -0.1) is 0 Å². The van der Waals surface area contributed by atoms with Gasteiger partial charge in [0.15, 0.2) is 5.82 Å². The normalized spacial score (nSPS) is 15.4. The molecule has 0 aliphatic carbocycles. The molecule has 2 heterocycles. The number of fused-ring (bicyclic) bond motifs is 1. The van der Waals surface area contributed by atoms with Crippen LogP contribution in [-0.4, -0.2) is 53.7 Å². The van der Waals surface area contributed by atoms with Crippen molar-refractivity contribution >= 4 is 12.4 Å². The summed E-state index contributed by atoms with van der Waals surface area (Å²) >= 11 is 0. The Labute approximate surface area is 194 Å². The summed E-state index contributed by atoms with van der Waals surface area (Å²) in [7, 11) is 1.81. The van der Waals surface area contributed by atoms with E-state index in [-0.39, 0.29) is 48.8 Å². The SMILES string of the molecule is CF.COC=O.Cc1cc(F)c(CC(N)CC(=O)N2CCn3c(cnc3C(F)F)C2C)cc1F. The number of ether oxygens (including phenoxy) is 1. The molecule has 1 aromatic heterocycles. The number of hydrogen-bond acceptors (Lipinski definition) is 5. The van der Waals surface area contributed by atoms with Gasteiger partial charge in [0.05, 0.1) is 32.2 Å². The monoisotopic (exact) mass is 492 g/mol. The molecule has 190 valence electrons. The van der Waals surface area contributed by atoms with E-state index < -0.39 is 30.1 Å². The number of hydrogen-bond donors (Lipinski definition) is 1. The topological polar surface area (TPSA) is 90.5 Å². The number of carbonyl (C=O) groups excluding carboxylic acids is 2. The van der Waals surface area contributed by atoms with Gasteiger partial charge in [0.1, 0.15) is 11.6 Å². The molecule has 34 heavy (non-hydrogen) atoms. The molecule has 0 radical (unpaired) electrons. The predicted molar refractivity (Wildman–Crippen MR) is 115 cm³/mol. The highest BCUT2D eigenvalue weighted by Crippen LogP contribution is 2.30. The number of methoxy groups -OCH3 is 1. The summed E-state index contributed by atoms with van der Waals surface area (Å²) in [6.07, 6.45) is -1.36. The summed E-state index contributed by atoms with van der Waals surface area (Å²) < 4.78 is 68.5. The van der Waals surface area contributed by atoms with Crippen LogP contribution in [0.2, 0.25) is 0 Å². The molecule has 2 N–H and O–H groups in total. The van der Waals surface area contributed by atoms with Crippen molar-refractivity contribution in [3.63, 3.8) is 0 Å². The van der Waals surface area contributed by atoms with Crippen molar-refractivity contribution in [2.24, 2.45) is 5.73 Å². The number of aromatic nitrogens is 2. The van der Waals surface area contributed by atoms with Crippen molar-refractivity contribution in [3.05, 3.63) is 52.6 Å². The summed E-state index contributed by atoms with van der Waals surface area (Å²) in [5.74, 6) is -1.65. The average Bonchev–Trinajstić information content (AvgIpc) is 3.24. The van der Waals surface area contributed by atoms with Crippen LogP contribution in [0.3, 0.4) is 0 Å². The van der Waals surface area contributed by atoms with E-state index in [0.29, 0.717) is 19.3 Å². The van der Waals surface area contributed by atoms with E-state index in [1.807, 2.05) is 0 Å². The average molecular weight is 492 g/mol. The van der Waals surface area contributed by atoms with Gasteiger partial charge in [-0.1, -0.05) is 0 Å². The second-order valence-corrected chi connectivity index (χ2v) is 7.45. The largest absolute Gasteiger partial charge is 0.471 e. The van der Waals surface area contributed by atoms with Crippen LogP contribution in [0, 0.1) is 18.6 Å². The lowest BCUT2D eigenvalue weighted by atomic mass is 10.0. The van der Waals surface area contributed by atoms with Gasteiger partial charge < -0.3 is 19.9 Å². The van der Waals surface area contributed by atoms with E-state index in [9.17, 15) is 26.7 Å². The first-order valence-corrected chi connectivity index (χ1v) is 10.3. The first-order valence-electron chi connectivity index (χ1n) is 10.3. The molecular weight excluding hydrogens is 463 g/mol. The number of carbonyl (C=O) groups is 2. The van der Waals surface area contributed by atoms with Gasteiger partial charge in [0, 0.05) is 25.6 Å². The highest BCUT2D eigenvalue weighted by atomic mass is 19.3. The van der Waals surface area contributed by atoms with Gasteiger partial charge in [-0.25, -0.2) is 22.5 Å². The third-order valence-electron chi connectivity index (χ3n) is 5.24. The third-order valence-corrected chi connectivity index (χ3v) is 5.24. The van der Waals surface area contributed by atoms with Crippen molar-refractivity contribution in [1.82, 2.24) is 14.5 Å². The molecule has 0 saturated carbocycles. The van der Waals surface area contributed by atoms with Crippen molar-refractivity contribution in [2.75, 3.05) is 20.8 Å². The minimum atomic E-state index is -2.68. The summed E-state index contributed by atoms with van der Waals surface area (Å²) in [5, 5.41) is 0. The summed E-state index contributed by atoms with van der Waals surface area (Å²) in [5.41, 5.74) is 6.86. The fourth-order valence-corrected chi connectivity index (χ4v) is 3.60. The number of nitrogens with two attached hydrogens (primary N) is 1. The number of imidazole rings is 1. The molecule has 12 heteroatoms. The van der Waals surface area contributed by atoms with Crippen LogP contribution in [-0.2, 0) is 27.3 Å². The lowest BCUT2D eigenvalue weighted by Gasteiger charge is -2.35. The standard InChI is InChI=1S/C19H22F4N4O.C2H4O2.CH3F/c1-10-5-15(21)12(7-14(10)20)6-13(24)8-17(28)26-3-4-27-16(11(26)2)9-25-19(27)18(22)23;1-4-2-3;1-2/h5,7,9,11,13,18H,3-4,6,8,24H2,1-2H3;2H,1H3;1H3. The third kappa shape index (κ3) is 7.24. The molecular formula is C22H29F5N4O3. The van der Waals surface area contributed by atoms with Gasteiger partial charge in [-0.05, 0) is 43.5 Å². The molecule has 1 aliphatic rings. The zero-order chi connectivity index (χ0) is 26.0. The van der Waals surface area contributed by atoms with Gasteiger partial charge >= 0.3 is 0 Å². The first kappa shape index (κ1) is 29.0. The smallest absolute Gasteiger partial charge is 0.295 e. The van der Waals surface area contributed by atoms with Gasteiger partial charge in [-0.3, -0.25) is 14.0 Å².